The maximum atomic E-state index is 12.3. The van der Waals surface area contributed by atoms with Crippen LogP contribution in [0.2, 0.25) is 0 Å². The predicted molar refractivity (Wildman–Crippen MR) is 95.2 cm³/mol. The first-order valence-corrected chi connectivity index (χ1v) is 9.10. The molecule has 0 radical (unpaired) electrons. The minimum absolute atomic E-state index is 0.0910. The van der Waals surface area contributed by atoms with E-state index in [2.05, 4.69) is 16.8 Å². The second-order valence-electron chi connectivity index (χ2n) is 6.91. The van der Waals surface area contributed by atoms with Gasteiger partial charge >= 0.3 is 0 Å². The molecule has 2 aliphatic heterocycles. The summed E-state index contributed by atoms with van der Waals surface area (Å²) in [6, 6.07) is 10.2. The number of amides is 1. The molecule has 1 unspecified atom stereocenters. The summed E-state index contributed by atoms with van der Waals surface area (Å²) in [6.45, 7) is 6.07. The van der Waals surface area contributed by atoms with Gasteiger partial charge in [-0.05, 0) is 38.6 Å². The standard InChI is InChI=1S/C19H29N3O2/c1-20-10-6-5-7-17(20)15-21-11-13-22(14-12-21)19(23)16-24-18-8-3-2-4-9-18/h2-4,8-9,17H,5-7,10-16H2,1H3. The minimum atomic E-state index is 0.0910. The molecule has 1 aromatic rings. The Morgan fingerprint density at radius 1 is 1.08 bits per heavy atom. The molecular weight excluding hydrogens is 302 g/mol. The highest BCUT2D eigenvalue weighted by Gasteiger charge is 2.25. The fourth-order valence-electron chi connectivity index (χ4n) is 3.61. The van der Waals surface area contributed by atoms with Crippen molar-refractivity contribution >= 4 is 5.91 Å². The molecule has 1 aromatic carbocycles. The van der Waals surface area contributed by atoms with Crippen molar-refractivity contribution in [3.8, 4) is 5.75 Å². The van der Waals surface area contributed by atoms with E-state index in [9.17, 15) is 4.79 Å². The highest BCUT2D eigenvalue weighted by molar-refractivity contribution is 5.77. The normalized spacial score (nSPS) is 23.2. The Bertz CT molecular complexity index is 515. The van der Waals surface area contributed by atoms with E-state index in [0.717, 1.165) is 38.5 Å². The monoisotopic (exact) mass is 331 g/mol. The summed E-state index contributed by atoms with van der Waals surface area (Å²) in [6.07, 6.45) is 3.99. The number of benzene rings is 1. The molecule has 0 aliphatic carbocycles. The highest BCUT2D eigenvalue weighted by Crippen LogP contribution is 2.17. The molecule has 0 spiro atoms. The number of carbonyl (C=O) groups is 1. The minimum Gasteiger partial charge on any atom is -0.484 e. The third-order valence-corrected chi connectivity index (χ3v) is 5.22. The van der Waals surface area contributed by atoms with Crippen molar-refractivity contribution in [3.63, 3.8) is 0 Å². The number of ether oxygens (including phenoxy) is 1. The van der Waals surface area contributed by atoms with Crippen molar-refractivity contribution in [2.75, 3.05) is 52.9 Å². The lowest BCUT2D eigenvalue weighted by Gasteiger charge is -2.40. The molecule has 0 aromatic heterocycles. The largest absolute Gasteiger partial charge is 0.484 e. The molecule has 2 aliphatic rings. The Balaban J connectivity index is 1.39. The van der Waals surface area contributed by atoms with Gasteiger partial charge in [0.05, 0.1) is 0 Å². The van der Waals surface area contributed by atoms with Crippen LogP contribution in [0.1, 0.15) is 19.3 Å². The Kier molecular flexibility index (Phi) is 6.10. The number of hydrogen-bond donors (Lipinski definition) is 0. The van der Waals surface area contributed by atoms with Crippen molar-refractivity contribution in [1.82, 2.24) is 14.7 Å². The molecule has 0 saturated carbocycles. The molecule has 3 rings (SSSR count). The molecule has 2 saturated heterocycles. The Morgan fingerprint density at radius 3 is 2.54 bits per heavy atom. The Labute approximate surface area is 145 Å². The van der Waals surface area contributed by atoms with Gasteiger partial charge in [-0.25, -0.2) is 0 Å². The van der Waals surface area contributed by atoms with E-state index in [1.165, 1.54) is 25.8 Å². The van der Waals surface area contributed by atoms with Gasteiger partial charge in [-0.15, -0.1) is 0 Å². The topological polar surface area (TPSA) is 36.0 Å². The number of rotatable bonds is 5. The summed E-state index contributed by atoms with van der Waals surface area (Å²) in [7, 11) is 2.24. The fraction of sp³-hybridized carbons (Fsp3) is 0.632. The van der Waals surface area contributed by atoms with Crippen molar-refractivity contribution in [3.05, 3.63) is 30.3 Å². The van der Waals surface area contributed by atoms with Crippen molar-refractivity contribution in [2.24, 2.45) is 0 Å². The summed E-state index contributed by atoms with van der Waals surface area (Å²) in [5.74, 6) is 0.845. The second kappa shape index (κ2) is 8.49. The van der Waals surface area contributed by atoms with Crippen molar-refractivity contribution in [2.45, 2.75) is 25.3 Å². The average Bonchev–Trinajstić information content (AvgIpc) is 2.63. The molecule has 2 fully saturated rings. The summed E-state index contributed by atoms with van der Waals surface area (Å²) in [4.78, 5) is 19.2. The third kappa shape index (κ3) is 4.71. The number of nitrogens with zero attached hydrogens (tertiary/aromatic N) is 3. The van der Waals surface area contributed by atoms with Crippen LogP contribution in [0.3, 0.4) is 0 Å². The lowest BCUT2D eigenvalue weighted by molar-refractivity contribution is -0.135. The van der Waals surface area contributed by atoms with E-state index >= 15 is 0 Å². The molecule has 5 nitrogen and oxygen atoms in total. The average molecular weight is 331 g/mol. The van der Waals surface area contributed by atoms with Gasteiger partial charge in [-0.3, -0.25) is 9.69 Å². The molecule has 0 N–H and O–H groups in total. The number of likely N-dealkylation sites (N-methyl/N-ethyl adjacent to an activating group) is 1. The van der Waals surface area contributed by atoms with Crippen LogP contribution in [-0.2, 0) is 4.79 Å². The SMILES string of the molecule is CN1CCCCC1CN1CCN(C(=O)COc2ccccc2)CC1. The second-order valence-corrected chi connectivity index (χ2v) is 6.91. The fourth-order valence-corrected chi connectivity index (χ4v) is 3.61. The van der Waals surface area contributed by atoms with E-state index in [0.29, 0.717) is 6.04 Å². The summed E-state index contributed by atoms with van der Waals surface area (Å²) in [5, 5.41) is 0. The third-order valence-electron chi connectivity index (χ3n) is 5.22. The number of carbonyl (C=O) groups excluding carboxylic acids is 1. The molecule has 2 heterocycles. The summed E-state index contributed by atoms with van der Waals surface area (Å²) in [5.41, 5.74) is 0. The summed E-state index contributed by atoms with van der Waals surface area (Å²) < 4.78 is 5.57. The summed E-state index contributed by atoms with van der Waals surface area (Å²) >= 11 is 0. The van der Waals surface area contributed by atoms with E-state index in [1.807, 2.05) is 35.2 Å². The van der Waals surface area contributed by atoms with Crippen LogP contribution in [0.4, 0.5) is 0 Å². The van der Waals surface area contributed by atoms with Crippen LogP contribution in [0.5, 0.6) is 5.75 Å². The number of para-hydroxylation sites is 1. The predicted octanol–water partition coefficient (Wildman–Crippen LogP) is 1.69. The van der Waals surface area contributed by atoms with Gasteiger partial charge in [0.15, 0.2) is 6.61 Å². The van der Waals surface area contributed by atoms with Gasteiger partial charge in [0.25, 0.3) is 5.91 Å². The van der Waals surface area contributed by atoms with Crippen LogP contribution >= 0.6 is 0 Å². The van der Waals surface area contributed by atoms with Crippen molar-refractivity contribution in [1.29, 1.82) is 0 Å². The molecule has 0 bridgehead atoms. The van der Waals surface area contributed by atoms with Crippen LogP contribution in [0.15, 0.2) is 30.3 Å². The van der Waals surface area contributed by atoms with Crippen molar-refractivity contribution < 1.29 is 9.53 Å². The molecule has 24 heavy (non-hydrogen) atoms. The quantitative estimate of drug-likeness (QED) is 0.823. The maximum absolute atomic E-state index is 12.3. The molecule has 5 heteroatoms. The van der Waals surface area contributed by atoms with Gasteiger partial charge in [0, 0.05) is 38.8 Å². The maximum Gasteiger partial charge on any atom is 0.260 e. The Hall–Kier alpha value is -1.59. The lowest BCUT2D eigenvalue weighted by atomic mass is 10.0. The van der Waals surface area contributed by atoms with Crippen LogP contribution in [-0.4, -0.2) is 79.6 Å². The zero-order chi connectivity index (χ0) is 16.8. The van der Waals surface area contributed by atoms with Gasteiger partial charge < -0.3 is 14.5 Å². The molecule has 1 amide bonds. The van der Waals surface area contributed by atoms with Crippen LogP contribution in [0, 0.1) is 0 Å². The van der Waals surface area contributed by atoms with Gasteiger partial charge in [-0.2, -0.15) is 0 Å². The number of piperidine rings is 1. The zero-order valence-electron chi connectivity index (χ0n) is 14.7. The molecule has 1 atom stereocenters. The van der Waals surface area contributed by atoms with Gasteiger partial charge in [0.1, 0.15) is 5.75 Å². The molecule has 132 valence electrons. The first-order chi connectivity index (χ1) is 11.7. The highest BCUT2D eigenvalue weighted by atomic mass is 16.5. The number of piperazine rings is 1. The lowest BCUT2D eigenvalue weighted by Crippen LogP contribution is -2.53. The number of hydrogen-bond acceptors (Lipinski definition) is 4. The number of likely N-dealkylation sites (tertiary alicyclic amines) is 1. The zero-order valence-corrected chi connectivity index (χ0v) is 14.7. The first-order valence-electron chi connectivity index (χ1n) is 9.10. The molecular formula is C19H29N3O2. The van der Waals surface area contributed by atoms with E-state index in [1.54, 1.807) is 0 Å². The van der Waals surface area contributed by atoms with E-state index in [-0.39, 0.29) is 12.5 Å². The Morgan fingerprint density at radius 2 is 1.83 bits per heavy atom. The van der Waals surface area contributed by atoms with E-state index in [4.69, 9.17) is 4.74 Å². The first kappa shape index (κ1) is 17.2. The van der Waals surface area contributed by atoms with Gasteiger partial charge in [-0.1, -0.05) is 24.6 Å². The van der Waals surface area contributed by atoms with Crippen LogP contribution in [0.25, 0.3) is 0 Å². The van der Waals surface area contributed by atoms with Gasteiger partial charge in [0.2, 0.25) is 0 Å². The smallest absolute Gasteiger partial charge is 0.260 e. The van der Waals surface area contributed by atoms with E-state index < -0.39 is 0 Å². The van der Waals surface area contributed by atoms with Crippen LogP contribution < -0.4 is 4.74 Å².